The predicted molar refractivity (Wildman–Crippen MR) is 74.2 cm³/mol. The second kappa shape index (κ2) is 6.24. The Hall–Kier alpha value is -1.02. The summed E-state index contributed by atoms with van der Waals surface area (Å²) in [5.41, 5.74) is 1.45. The molecular weight excluding hydrogens is 224 g/mol. The van der Waals surface area contributed by atoms with E-state index in [1.165, 1.54) is 31.2 Å². The van der Waals surface area contributed by atoms with Crippen LogP contribution in [-0.2, 0) is 4.74 Å². The molecule has 100 valence electrons. The van der Waals surface area contributed by atoms with Gasteiger partial charge in [0, 0.05) is 7.11 Å². The quantitative estimate of drug-likeness (QED) is 0.797. The van der Waals surface area contributed by atoms with Crippen molar-refractivity contribution in [2.75, 3.05) is 7.11 Å². The van der Waals surface area contributed by atoms with Gasteiger partial charge in [0.05, 0.1) is 12.2 Å². The van der Waals surface area contributed by atoms with E-state index in [0.29, 0.717) is 12.0 Å². The Balaban J connectivity index is 1.93. The summed E-state index contributed by atoms with van der Waals surface area (Å²) in [6.45, 7) is 4.11. The lowest BCUT2D eigenvalue weighted by atomic mass is 9.83. The molecule has 18 heavy (non-hydrogen) atoms. The third-order valence-electron chi connectivity index (χ3n) is 3.73. The zero-order chi connectivity index (χ0) is 13.0. The molecule has 0 aliphatic heterocycles. The van der Waals surface area contributed by atoms with Gasteiger partial charge in [-0.05, 0) is 63.1 Å². The SMILES string of the molecule is COC1CCC(c2ccc(OC(C)C)cc2)CC1. The highest BCUT2D eigenvalue weighted by Gasteiger charge is 2.21. The maximum absolute atomic E-state index is 5.67. The van der Waals surface area contributed by atoms with Crippen LogP contribution in [0.15, 0.2) is 24.3 Å². The lowest BCUT2D eigenvalue weighted by molar-refractivity contribution is 0.0658. The van der Waals surface area contributed by atoms with Crippen molar-refractivity contribution in [3.8, 4) is 5.75 Å². The average Bonchev–Trinajstić information content (AvgIpc) is 2.39. The smallest absolute Gasteiger partial charge is 0.119 e. The Labute approximate surface area is 110 Å². The van der Waals surface area contributed by atoms with Crippen molar-refractivity contribution in [2.24, 2.45) is 0 Å². The molecule has 0 atom stereocenters. The first-order chi connectivity index (χ1) is 8.69. The van der Waals surface area contributed by atoms with Gasteiger partial charge in [0.1, 0.15) is 5.75 Å². The summed E-state index contributed by atoms with van der Waals surface area (Å²) in [6.07, 6.45) is 5.57. The fourth-order valence-corrected chi connectivity index (χ4v) is 2.72. The number of benzene rings is 1. The first kappa shape index (κ1) is 13.4. The summed E-state index contributed by atoms with van der Waals surface area (Å²) in [7, 11) is 1.82. The molecule has 0 unspecified atom stereocenters. The van der Waals surface area contributed by atoms with Gasteiger partial charge in [-0.15, -0.1) is 0 Å². The molecule has 1 aliphatic carbocycles. The summed E-state index contributed by atoms with van der Waals surface area (Å²) >= 11 is 0. The fraction of sp³-hybridized carbons (Fsp3) is 0.625. The largest absolute Gasteiger partial charge is 0.491 e. The molecule has 0 amide bonds. The van der Waals surface area contributed by atoms with E-state index in [4.69, 9.17) is 9.47 Å². The van der Waals surface area contributed by atoms with Crippen LogP contribution in [0.3, 0.4) is 0 Å². The van der Waals surface area contributed by atoms with Crippen LogP contribution in [0.25, 0.3) is 0 Å². The molecule has 0 heterocycles. The molecule has 2 heteroatoms. The van der Waals surface area contributed by atoms with Gasteiger partial charge in [-0.3, -0.25) is 0 Å². The minimum atomic E-state index is 0.244. The Bertz CT molecular complexity index is 348. The van der Waals surface area contributed by atoms with E-state index >= 15 is 0 Å². The van der Waals surface area contributed by atoms with Crippen LogP contribution in [0.2, 0.25) is 0 Å². The van der Waals surface area contributed by atoms with Crippen molar-refractivity contribution in [1.29, 1.82) is 0 Å². The first-order valence-corrected chi connectivity index (χ1v) is 6.98. The van der Waals surface area contributed by atoms with Gasteiger partial charge in [0.15, 0.2) is 0 Å². The maximum atomic E-state index is 5.67. The summed E-state index contributed by atoms with van der Waals surface area (Å²) in [6, 6.07) is 8.63. The number of ether oxygens (including phenoxy) is 2. The number of rotatable bonds is 4. The zero-order valence-corrected chi connectivity index (χ0v) is 11.7. The third-order valence-corrected chi connectivity index (χ3v) is 3.73. The van der Waals surface area contributed by atoms with Crippen molar-refractivity contribution >= 4 is 0 Å². The van der Waals surface area contributed by atoms with Crippen molar-refractivity contribution in [2.45, 2.75) is 57.7 Å². The second-order valence-corrected chi connectivity index (χ2v) is 5.44. The van der Waals surface area contributed by atoms with Crippen molar-refractivity contribution in [1.82, 2.24) is 0 Å². The summed E-state index contributed by atoms with van der Waals surface area (Å²) in [4.78, 5) is 0. The van der Waals surface area contributed by atoms with Crippen LogP contribution in [-0.4, -0.2) is 19.3 Å². The van der Waals surface area contributed by atoms with Gasteiger partial charge < -0.3 is 9.47 Å². The number of methoxy groups -OCH3 is 1. The summed E-state index contributed by atoms with van der Waals surface area (Å²) in [5, 5.41) is 0. The molecule has 1 saturated carbocycles. The van der Waals surface area contributed by atoms with Gasteiger partial charge in [-0.25, -0.2) is 0 Å². The first-order valence-electron chi connectivity index (χ1n) is 6.98. The van der Waals surface area contributed by atoms with E-state index in [0.717, 1.165) is 5.75 Å². The molecule has 2 nitrogen and oxygen atoms in total. The predicted octanol–water partition coefficient (Wildman–Crippen LogP) is 4.15. The molecular formula is C16H24O2. The molecule has 0 aromatic heterocycles. The highest BCUT2D eigenvalue weighted by molar-refractivity contribution is 5.29. The molecule has 0 radical (unpaired) electrons. The molecule has 1 aliphatic rings. The average molecular weight is 248 g/mol. The van der Waals surface area contributed by atoms with Crippen molar-refractivity contribution in [3.63, 3.8) is 0 Å². The van der Waals surface area contributed by atoms with Gasteiger partial charge in [0.2, 0.25) is 0 Å². The Morgan fingerprint density at radius 2 is 1.61 bits per heavy atom. The van der Waals surface area contributed by atoms with Crippen LogP contribution in [0, 0.1) is 0 Å². The molecule has 1 fully saturated rings. The lowest BCUT2D eigenvalue weighted by Gasteiger charge is -2.28. The monoisotopic (exact) mass is 248 g/mol. The number of hydrogen-bond acceptors (Lipinski definition) is 2. The van der Waals surface area contributed by atoms with E-state index in [1.807, 2.05) is 7.11 Å². The molecule has 1 aromatic rings. The van der Waals surface area contributed by atoms with Gasteiger partial charge >= 0.3 is 0 Å². The second-order valence-electron chi connectivity index (χ2n) is 5.44. The van der Waals surface area contributed by atoms with E-state index < -0.39 is 0 Å². The normalized spacial score (nSPS) is 24.2. The highest BCUT2D eigenvalue weighted by Crippen LogP contribution is 2.34. The lowest BCUT2D eigenvalue weighted by Crippen LogP contribution is -2.19. The molecule has 0 spiro atoms. The van der Waals surface area contributed by atoms with E-state index in [-0.39, 0.29) is 6.10 Å². The number of hydrogen-bond donors (Lipinski definition) is 0. The molecule has 0 bridgehead atoms. The molecule has 0 saturated heterocycles. The summed E-state index contributed by atoms with van der Waals surface area (Å²) in [5.74, 6) is 1.67. The fourth-order valence-electron chi connectivity index (χ4n) is 2.72. The Morgan fingerprint density at radius 1 is 1.00 bits per heavy atom. The van der Waals surface area contributed by atoms with Crippen LogP contribution in [0.4, 0.5) is 0 Å². The molecule has 2 rings (SSSR count). The van der Waals surface area contributed by atoms with Gasteiger partial charge in [-0.2, -0.15) is 0 Å². The van der Waals surface area contributed by atoms with Crippen LogP contribution in [0.5, 0.6) is 5.75 Å². The van der Waals surface area contributed by atoms with Crippen molar-refractivity contribution < 1.29 is 9.47 Å². The van der Waals surface area contributed by atoms with Crippen LogP contribution < -0.4 is 4.74 Å². The van der Waals surface area contributed by atoms with Crippen molar-refractivity contribution in [3.05, 3.63) is 29.8 Å². The van der Waals surface area contributed by atoms with Gasteiger partial charge in [-0.1, -0.05) is 12.1 Å². The minimum absolute atomic E-state index is 0.244. The minimum Gasteiger partial charge on any atom is -0.491 e. The topological polar surface area (TPSA) is 18.5 Å². The van der Waals surface area contributed by atoms with Gasteiger partial charge in [0.25, 0.3) is 0 Å². The van der Waals surface area contributed by atoms with Crippen LogP contribution in [0.1, 0.15) is 51.0 Å². The third kappa shape index (κ3) is 3.49. The molecule has 1 aromatic carbocycles. The van der Waals surface area contributed by atoms with E-state index in [9.17, 15) is 0 Å². The zero-order valence-electron chi connectivity index (χ0n) is 11.7. The Kier molecular flexibility index (Phi) is 4.65. The summed E-state index contributed by atoms with van der Waals surface area (Å²) < 4.78 is 11.1. The van der Waals surface area contributed by atoms with Crippen LogP contribution >= 0.6 is 0 Å². The highest BCUT2D eigenvalue weighted by atomic mass is 16.5. The van der Waals surface area contributed by atoms with E-state index in [1.54, 1.807) is 0 Å². The maximum Gasteiger partial charge on any atom is 0.119 e. The van der Waals surface area contributed by atoms with E-state index in [2.05, 4.69) is 38.1 Å². The standard InChI is InChI=1S/C16H24O2/c1-12(2)18-16-10-6-14(7-11-16)13-4-8-15(17-3)9-5-13/h6-7,10-13,15H,4-5,8-9H2,1-3H3. The molecule has 0 N–H and O–H groups in total. The Morgan fingerprint density at radius 3 is 2.11 bits per heavy atom.